The van der Waals surface area contributed by atoms with Crippen molar-refractivity contribution in [1.82, 2.24) is 5.43 Å². The molecule has 0 aliphatic heterocycles. The van der Waals surface area contributed by atoms with Crippen LogP contribution in [0.25, 0.3) is 0 Å². The molecule has 7 nitrogen and oxygen atoms in total. The molecule has 2 aromatic rings. The van der Waals surface area contributed by atoms with Gasteiger partial charge in [0.1, 0.15) is 0 Å². The Morgan fingerprint density at radius 2 is 1.82 bits per heavy atom. The van der Waals surface area contributed by atoms with Crippen LogP contribution < -0.4 is 5.43 Å². The predicted molar refractivity (Wildman–Crippen MR) is 80.2 cm³/mol. The van der Waals surface area contributed by atoms with Crippen LogP contribution in [-0.4, -0.2) is 22.2 Å². The van der Waals surface area contributed by atoms with E-state index in [4.69, 9.17) is 0 Å². The molecule has 0 aliphatic carbocycles. The lowest BCUT2D eigenvalue weighted by Crippen LogP contribution is -2.25. The maximum absolute atomic E-state index is 11.7. The summed E-state index contributed by atoms with van der Waals surface area (Å²) in [6, 6.07) is 14.1. The molecule has 0 aromatic heterocycles. The van der Waals surface area contributed by atoms with Gasteiger partial charge >= 0.3 is 0 Å². The van der Waals surface area contributed by atoms with Gasteiger partial charge in [0.2, 0.25) is 0 Å². The normalized spacial score (nSPS) is 12.0. The molecule has 0 bridgehead atoms. The van der Waals surface area contributed by atoms with Crippen LogP contribution in [0.4, 0.5) is 5.69 Å². The second-order valence-corrected chi connectivity index (χ2v) is 4.40. The molecular formula is C15H13N3O4. The molecule has 22 heavy (non-hydrogen) atoms. The zero-order valence-corrected chi connectivity index (χ0v) is 11.4. The summed E-state index contributed by atoms with van der Waals surface area (Å²) in [4.78, 5) is 21.7. The third kappa shape index (κ3) is 3.97. The van der Waals surface area contributed by atoms with Gasteiger partial charge < -0.3 is 5.11 Å². The fraction of sp³-hybridized carbons (Fsp3) is 0.0667. The van der Waals surface area contributed by atoms with E-state index in [-0.39, 0.29) is 5.69 Å². The number of aliphatic hydroxyl groups excluding tert-OH is 1. The minimum atomic E-state index is -1.31. The van der Waals surface area contributed by atoms with Crippen LogP contribution in [0, 0.1) is 10.1 Å². The number of carbonyl (C=O) groups excluding carboxylic acids is 1. The van der Waals surface area contributed by atoms with Crippen molar-refractivity contribution in [3.63, 3.8) is 0 Å². The van der Waals surface area contributed by atoms with Crippen LogP contribution in [0.2, 0.25) is 0 Å². The topological polar surface area (TPSA) is 105 Å². The predicted octanol–water partition coefficient (Wildman–Crippen LogP) is 1.78. The van der Waals surface area contributed by atoms with E-state index < -0.39 is 16.9 Å². The third-order valence-corrected chi connectivity index (χ3v) is 2.86. The van der Waals surface area contributed by atoms with Gasteiger partial charge in [0.25, 0.3) is 11.6 Å². The Balaban J connectivity index is 1.94. The minimum Gasteiger partial charge on any atom is -0.378 e. The average Bonchev–Trinajstić information content (AvgIpc) is 2.55. The zero-order chi connectivity index (χ0) is 15.9. The molecule has 0 heterocycles. The van der Waals surface area contributed by atoms with Crippen LogP contribution in [0.15, 0.2) is 59.7 Å². The molecule has 1 atom stereocenters. The van der Waals surface area contributed by atoms with Gasteiger partial charge in [0, 0.05) is 12.1 Å². The van der Waals surface area contributed by atoms with Gasteiger partial charge in [-0.05, 0) is 23.3 Å². The van der Waals surface area contributed by atoms with Crippen molar-refractivity contribution in [2.75, 3.05) is 0 Å². The van der Waals surface area contributed by atoms with Crippen LogP contribution >= 0.6 is 0 Å². The summed E-state index contributed by atoms with van der Waals surface area (Å²) >= 11 is 0. The second-order valence-electron chi connectivity index (χ2n) is 4.40. The number of nitro benzene ring substituents is 1. The van der Waals surface area contributed by atoms with E-state index in [9.17, 15) is 20.0 Å². The van der Waals surface area contributed by atoms with Crippen molar-refractivity contribution in [2.24, 2.45) is 5.10 Å². The summed E-state index contributed by atoms with van der Waals surface area (Å²) in [7, 11) is 0. The number of amides is 1. The lowest BCUT2D eigenvalue weighted by molar-refractivity contribution is -0.384. The number of nitrogens with zero attached hydrogens (tertiary/aromatic N) is 2. The van der Waals surface area contributed by atoms with Gasteiger partial charge in [-0.1, -0.05) is 30.3 Å². The van der Waals surface area contributed by atoms with Crippen LogP contribution in [-0.2, 0) is 4.79 Å². The number of rotatable bonds is 5. The highest BCUT2D eigenvalue weighted by molar-refractivity contribution is 5.85. The van der Waals surface area contributed by atoms with Crippen molar-refractivity contribution >= 4 is 17.8 Å². The highest BCUT2D eigenvalue weighted by Crippen LogP contribution is 2.12. The number of aliphatic hydroxyl groups is 1. The summed E-state index contributed by atoms with van der Waals surface area (Å²) in [6.07, 6.45) is 0.0227. The maximum Gasteiger partial charge on any atom is 0.273 e. The van der Waals surface area contributed by atoms with Crippen molar-refractivity contribution in [2.45, 2.75) is 6.10 Å². The lowest BCUT2D eigenvalue weighted by Gasteiger charge is -2.08. The summed E-state index contributed by atoms with van der Waals surface area (Å²) < 4.78 is 0. The standard InChI is InChI=1S/C15H13N3O4/c19-14(12-4-2-1-3-5-12)15(20)17-16-10-11-6-8-13(9-7-11)18(21)22/h1-10,14,19H,(H,17,20)/b16-10-/t14-/m0/s1. The molecule has 0 radical (unpaired) electrons. The summed E-state index contributed by atoms with van der Waals surface area (Å²) in [6.45, 7) is 0. The number of hydrogen-bond acceptors (Lipinski definition) is 5. The smallest absolute Gasteiger partial charge is 0.273 e. The van der Waals surface area contributed by atoms with E-state index in [1.165, 1.54) is 30.5 Å². The highest BCUT2D eigenvalue weighted by atomic mass is 16.6. The van der Waals surface area contributed by atoms with Gasteiger partial charge in [-0.15, -0.1) is 0 Å². The second kappa shape index (κ2) is 7.09. The average molecular weight is 299 g/mol. The third-order valence-electron chi connectivity index (χ3n) is 2.86. The van der Waals surface area contributed by atoms with Crippen molar-refractivity contribution in [3.8, 4) is 0 Å². The number of benzene rings is 2. The molecule has 0 spiro atoms. The van der Waals surface area contributed by atoms with Gasteiger partial charge in [-0.3, -0.25) is 14.9 Å². The zero-order valence-electron chi connectivity index (χ0n) is 11.4. The highest BCUT2D eigenvalue weighted by Gasteiger charge is 2.15. The fourth-order valence-electron chi connectivity index (χ4n) is 1.70. The Labute approximate surface area is 126 Å². The van der Waals surface area contributed by atoms with Crippen molar-refractivity contribution < 1.29 is 14.8 Å². The molecule has 1 amide bonds. The molecule has 0 aliphatic rings. The maximum atomic E-state index is 11.7. The van der Waals surface area contributed by atoms with E-state index in [0.29, 0.717) is 11.1 Å². The van der Waals surface area contributed by atoms with E-state index in [2.05, 4.69) is 10.5 Å². The SMILES string of the molecule is O=C(N/N=C\c1ccc([N+](=O)[O-])cc1)[C@@H](O)c1ccccc1. The van der Waals surface area contributed by atoms with Crippen molar-refractivity contribution in [1.29, 1.82) is 0 Å². The lowest BCUT2D eigenvalue weighted by atomic mass is 10.1. The Morgan fingerprint density at radius 1 is 1.18 bits per heavy atom. The van der Waals surface area contributed by atoms with Crippen LogP contribution in [0.5, 0.6) is 0 Å². The van der Waals surface area contributed by atoms with E-state index in [1.807, 2.05) is 0 Å². The van der Waals surface area contributed by atoms with E-state index in [1.54, 1.807) is 30.3 Å². The number of non-ortho nitro benzene ring substituents is 1. The monoisotopic (exact) mass is 299 g/mol. The first-order chi connectivity index (χ1) is 10.6. The molecular weight excluding hydrogens is 286 g/mol. The number of nitro groups is 1. The first kappa shape index (κ1) is 15.3. The Hall–Kier alpha value is -3.06. The first-order valence-electron chi connectivity index (χ1n) is 6.38. The summed E-state index contributed by atoms with van der Waals surface area (Å²) in [5.41, 5.74) is 3.23. The van der Waals surface area contributed by atoms with E-state index >= 15 is 0 Å². The Morgan fingerprint density at radius 3 is 2.41 bits per heavy atom. The van der Waals surface area contributed by atoms with Gasteiger partial charge in [0.15, 0.2) is 6.10 Å². The Bertz CT molecular complexity index is 684. The molecule has 7 heteroatoms. The molecule has 0 fully saturated rings. The number of nitrogens with one attached hydrogen (secondary N) is 1. The van der Waals surface area contributed by atoms with Gasteiger partial charge in [-0.25, -0.2) is 5.43 Å². The Kier molecular flexibility index (Phi) is 4.94. The molecule has 0 unspecified atom stereocenters. The van der Waals surface area contributed by atoms with Gasteiger partial charge in [-0.2, -0.15) is 5.10 Å². The van der Waals surface area contributed by atoms with Crippen LogP contribution in [0.3, 0.4) is 0 Å². The minimum absolute atomic E-state index is 0.0271. The summed E-state index contributed by atoms with van der Waals surface area (Å²) in [5.74, 6) is -0.663. The van der Waals surface area contributed by atoms with Gasteiger partial charge in [0.05, 0.1) is 11.1 Å². The first-order valence-corrected chi connectivity index (χ1v) is 6.38. The molecule has 112 valence electrons. The van der Waals surface area contributed by atoms with E-state index in [0.717, 1.165) is 0 Å². The summed E-state index contributed by atoms with van der Waals surface area (Å²) in [5, 5.41) is 24.0. The fourth-order valence-corrected chi connectivity index (χ4v) is 1.70. The molecule has 2 N–H and O–H groups in total. The quantitative estimate of drug-likeness (QED) is 0.498. The number of hydrogen-bond donors (Lipinski definition) is 2. The molecule has 0 saturated heterocycles. The number of carbonyl (C=O) groups is 1. The largest absolute Gasteiger partial charge is 0.378 e. The molecule has 0 saturated carbocycles. The number of hydrazone groups is 1. The van der Waals surface area contributed by atoms with Crippen LogP contribution in [0.1, 0.15) is 17.2 Å². The molecule has 2 rings (SSSR count). The molecule has 2 aromatic carbocycles. The van der Waals surface area contributed by atoms with Crippen molar-refractivity contribution in [3.05, 3.63) is 75.8 Å².